The van der Waals surface area contributed by atoms with Crippen LogP contribution in [-0.4, -0.2) is 30.6 Å². The van der Waals surface area contributed by atoms with Crippen LogP contribution in [0.5, 0.6) is 0 Å². The Kier molecular flexibility index (Phi) is 4.36. The molecule has 1 N–H and O–H groups in total. The smallest absolute Gasteiger partial charge is 0.0981 e. The van der Waals surface area contributed by atoms with Crippen LogP contribution in [0.15, 0.2) is 35.1 Å². The molecule has 0 saturated heterocycles. The third kappa shape index (κ3) is 2.65. The van der Waals surface area contributed by atoms with E-state index in [-0.39, 0.29) is 0 Å². The zero-order valence-corrected chi connectivity index (χ0v) is 14.8. The fourth-order valence-electron chi connectivity index (χ4n) is 4.71. The summed E-state index contributed by atoms with van der Waals surface area (Å²) in [6, 6.07) is 7.30. The van der Waals surface area contributed by atoms with Crippen molar-refractivity contribution in [2.75, 3.05) is 25.0 Å². The van der Waals surface area contributed by atoms with Gasteiger partial charge in [0.2, 0.25) is 0 Å². The number of furan rings is 1. The summed E-state index contributed by atoms with van der Waals surface area (Å²) in [6.07, 6.45) is 8.60. The van der Waals surface area contributed by atoms with Crippen molar-refractivity contribution in [3.8, 4) is 11.1 Å². The minimum absolute atomic E-state index is 0.664. The van der Waals surface area contributed by atoms with Crippen molar-refractivity contribution in [1.29, 1.82) is 0 Å². The molecule has 0 radical (unpaired) electrons. The summed E-state index contributed by atoms with van der Waals surface area (Å²) in [5, 5.41) is 3.64. The number of nitrogens with zero attached hydrogens (tertiary/aromatic N) is 1. The quantitative estimate of drug-likeness (QED) is 0.820. The van der Waals surface area contributed by atoms with Gasteiger partial charge < -0.3 is 14.6 Å². The number of benzene rings is 1. The second-order valence-electron chi connectivity index (χ2n) is 7.27. The van der Waals surface area contributed by atoms with E-state index < -0.39 is 0 Å². The Bertz CT molecular complexity index is 686. The highest BCUT2D eigenvalue weighted by Crippen LogP contribution is 2.46. The Balaban J connectivity index is 1.73. The monoisotopic (exact) mass is 324 g/mol. The molecule has 2 aromatic rings. The maximum absolute atomic E-state index is 5.36. The van der Waals surface area contributed by atoms with E-state index in [1.54, 1.807) is 17.4 Å². The van der Waals surface area contributed by atoms with Gasteiger partial charge in [0.15, 0.2) is 0 Å². The van der Waals surface area contributed by atoms with Crippen molar-refractivity contribution in [2.45, 2.75) is 51.5 Å². The summed E-state index contributed by atoms with van der Waals surface area (Å²) in [6.45, 7) is 8.13. The minimum Gasteiger partial charge on any atom is -0.472 e. The number of hydrogen-bond donors (Lipinski definition) is 1. The average molecular weight is 324 g/mol. The highest BCUT2D eigenvalue weighted by molar-refractivity contribution is 5.75. The summed E-state index contributed by atoms with van der Waals surface area (Å²) in [7, 11) is 0. The summed E-state index contributed by atoms with van der Waals surface area (Å²) >= 11 is 0. The van der Waals surface area contributed by atoms with Crippen molar-refractivity contribution in [3.63, 3.8) is 0 Å². The van der Waals surface area contributed by atoms with Gasteiger partial charge >= 0.3 is 0 Å². The lowest BCUT2D eigenvalue weighted by Crippen LogP contribution is -2.41. The molecule has 0 amide bonds. The topological polar surface area (TPSA) is 28.4 Å². The molecule has 0 unspecified atom stereocenters. The molecule has 3 heteroatoms. The van der Waals surface area contributed by atoms with E-state index in [9.17, 15) is 0 Å². The third-order valence-corrected chi connectivity index (χ3v) is 5.67. The second kappa shape index (κ2) is 6.64. The fraction of sp³-hybridized carbons (Fsp3) is 0.524. The first kappa shape index (κ1) is 15.8. The Labute approximate surface area is 145 Å². The Morgan fingerprint density at radius 2 is 2.00 bits per heavy atom. The van der Waals surface area contributed by atoms with Gasteiger partial charge in [0.25, 0.3) is 0 Å². The first-order chi connectivity index (χ1) is 11.8. The minimum atomic E-state index is 0.664. The normalized spacial score (nSPS) is 21.8. The molecule has 24 heavy (non-hydrogen) atoms. The van der Waals surface area contributed by atoms with Crippen LogP contribution >= 0.6 is 0 Å². The zero-order chi connectivity index (χ0) is 16.5. The van der Waals surface area contributed by atoms with Crippen molar-refractivity contribution < 1.29 is 4.42 Å². The molecule has 2 heterocycles. The second-order valence-corrected chi connectivity index (χ2v) is 7.27. The van der Waals surface area contributed by atoms with Crippen LogP contribution in [0.3, 0.4) is 0 Å². The molecule has 4 rings (SSSR count). The molecule has 0 bridgehead atoms. The number of rotatable bonds is 6. The van der Waals surface area contributed by atoms with Gasteiger partial charge in [0, 0.05) is 29.8 Å². The van der Waals surface area contributed by atoms with E-state index in [1.807, 2.05) is 6.26 Å². The summed E-state index contributed by atoms with van der Waals surface area (Å²) in [5.41, 5.74) is 7.08. The molecule has 0 spiro atoms. The molecule has 1 aromatic heterocycles. The largest absolute Gasteiger partial charge is 0.472 e. The number of nitrogens with one attached hydrogen (secondary N) is 1. The van der Waals surface area contributed by atoms with Crippen LogP contribution in [-0.2, 0) is 6.42 Å². The van der Waals surface area contributed by atoms with Crippen LogP contribution < -0.4 is 5.32 Å². The standard InChI is InChI=1S/C21H28N2O/c1-3-8-23(9-4-2)17-11-16-13-22-20-6-5-18(15-7-10-24-14-15)19(12-17)21(16)20/h5-7,10,14,16-17,22H,3-4,8-9,11-13H2,1-2H3/t16-,17-/m0/s1. The first-order valence-corrected chi connectivity index (χ1v) is 9.48. The van der Waals surface area contributed by atoms with Crippen molar-refractivity contribution in [1.82, 2.24) is 4.90 Å². The van der Waals surface area contributed by atoms with E-state index in [1.165, 1.54) is 55.6 Å². The van der Waals surface area contributed by atoms with Gasteiger partial charge in [-0.15, -0.1) is 0 Å². The van der Waals surface area contributed by atoms with Crippen LogP contribution in [0.1, 0.15) is 50.2 Å². The van der Waals surface area contributed by atoms with Gasteiger partial charge in [-0.2, -0.15) is 0 Å². The molecule has 0 fully saturated rings. The predicted octanol–water partition coefficient (Wildman–Crippen LogP) is 4.89. The van der Waals surface area contributed by atoms with E-state index in [0.29, 0.717) is 12.0 Å². The lowest BCUT2D eigenvalue weighted by Gasteiger charge is -2.38. The highest BCUT2D eigenvalue weighted by atomic mass is 16.3. The van der Waals surface area contributed by atoms with Crippen LogP contribution in [0, 0.1) is 0 Å². The van der Waals surface area contributed by atoms with Crippen LogP contribution in [0.4, 0.5) is 5.69 Å². The molecule has 1 aliphatic heterocycles. The van der Waals surface area contributed by atoms with E-state index in [2.05, 4.69) is 42.3 Å². The number of anilines is 1. The Morgan fingerprint density at radius 1 is 1.17 bits per heavy atom. The molecule has 1 aromatic carbocycles. The van der Waals surface area contributed by atoms with E-state index in [0.717, 1.165) is 6.54 Å². The SMILES string of the molecule is CCCN(CCC)[C@@H]1Cc2c(-c3ccoc3)ccc3c2[C@H](CN3)C1. The molecular formula is C21H28N2O. The first-order valence-electron chi connectivity index (χ1n) is 9.48. The summed E-state index contributed by atoms with van der Waals surface area (Å²) in [5.74, 6) is 0.664. The molecule has 2 aliphatic rings. The summed E-state index contributed by atoms with van der Waals surface area (Å²) in [4.78, 5) is 2.73. The Morgan fingerprint density at radius 3 is 2.71 bits per heavy atom. The van der Waals surface area contributed by atoms with Gasteiger partial charge in [-0.1, -0.05) is 19.9 Å². The molecule has 0 saturated carbocycles. The fourth-order valence-corrected chi connectivity index (χ4v) is 4.71. The average Bonchev–Trinajstić information content (AvgIpc) is 3.26. The molecule has 1 aliphatic carbocycles. The van der Waals surface area contributed by atoms with Gasteiger partial charge in [-0.25, -0.2) is 0 Å². The van der Waals surface area contributed by atoms with Crippen molar-refractivity contribution in [3.05, 3.63) is 41.9 Å². The van der Waals surface area contributed by atoms with E-state index in [4.69, 9.17) is 4.42 Å². The maximum atomic E-state index is 5.36. The lowest BCUT2D eigenvalue weighted by atomic mass is 9.77. The maximum Gasteiger partial charge on any atom is 0.0981 e. The molecule has 128 valence electrons. The van der Waals surface area contributed by atoms with Crippen molar-refractivity contribution >= 4 is 5.69 Å². The van der Waals surface area contributed by atoms with Gasteiger partial charge in [-0.3, -0.25) is 0 Å². The molecule has 2 atom stereocenters. The third-order valence-electron chi connectivity index (χ3n) is 5.67. The van der Waals surface area contributed by atoms with Crippen LogP contribution in [0.25, 0.3) is 11.1 Å². The van der Waals surface area contributed by atoms with Gasteiger partial charge in [0.05, 0.1) is 12.5 Å². The zero-order valence-electron chi connectivity index (χ0n) is 14.8. The van der Waals surface area contributed by atoms with E-state index >= 15 is 0 Å². The van der Waals surface area contributed by atoms with Crippen LogP contribution in [0.2, 0.25) is 0 Å². The molecule has 3 nitrogen and oxygen atoms in total. The molecular weight excluding hydrogens is 296 g/mol. The van der Waals surface area contributed by atoms with Gasteiger partial charge in [-0.05, 0) is 67.6 Å². The highest BCUT2D eigenvalue weighted by Gasteiger charge is 2.36. The van der Waals surface area contributed by atoms with Gasteiger partial charge in [0.1, 0.15) is 0 Å². The van der Waals surface area contributed by atoms with Crippen molar-refractivity contribution in [2.24, 2.45) is 0 Å². The Hall–Kier alpha value is -1.74. The summed E-state index contributed by atoms with van der Waals surface area (Å²) < 4.78 is 5.36. The number of hydrogen-bond acceptors (Lipinski definition) is 3. The lowest BCUT2D eigenvalue weighted by molar-refractivity contribution is 0.173. The predicted molar refractivity (Wildman–Crippen MR) is 99.6 cm³/mol.